The first-order chi connectivity index (χ1) is 9.15. The Hall–Kier alpha value is -2.12. The molecule has 0 aliphatic carbocycles. The molecule has 5 heteroatoms. The van der Waals surface area contributed by atoms with Gasteiger partial charge < -0.3 is 4.74 Å². The van der Waals surface area contributed by atoms with Crippen molar-refractivity contribution >= 4 is 11.6 Å². The molecule has 0 saturated heterocycles. The Kier molecular flexibility index (Phi) is 3.98. The molecular formula is C14H8ClF2NO. The molecule has 0 fully saturated rings. The van der Waals surface area contributed by atoms with Gasteiger partial charge in [0, 0.05) is 5.56 Å². The lowest BCUT2D eigenvalue weighted by atomic mass is 10.2. The van der Waals surface area contributed by atoms with Crippen LogP contribution in [0.2, 0.25) is 0 Å². The van der Waals surface area contributed by atoms with Crippen molar-refractivity contribution in [1.82, 2.24) is 0 Å². The highest BCUT2D eigenvalue weighted by Gasteiger charge is 2.12. The van der Waals surface area contributed by atoms with Crippen LogP contribution in [0.25, 0.3) is 0 Å². The van der Waals surface area contributed by atoms with Crippen molar-refractivity contribution in [3.05, 3.63) is 59.2 Å². The topological polar surface area (TPSA) is 33.0 Å². The van der Waals surface area contributed by atoms with E-state index in [4.69, 9.17) is 21.6 Å². The quantitative estimate of drug-likeness (QED) is 0.782. The van der Waals surface area contributed by atoms with E-state index in [1.807, 2.05) is 6.07 Å². The number of hydrogen-bond donors (Lipinski definition) is 0. The van der Waals surface area contributed by atoms with Crippen LogP contribution in [0.1, 0.15) is 11.1 Å². The van der Waals surface area contributed by atoms with Gasteiger partial charge in [0.25, 0.3) is 0 Å². The zero-order valence-corrected chi connectivity index (χ0v) is 10.4. The van der Waals surface area contributed by atoms with E-state index in [1.54, 1.807) is 0 Å². The molecule has 0 saturated carbocycles. The van der Waals surface area contributed by atoms with Crippen LogP contribution < -0.4 is 4.74 Å². The molecule has 0 atom stereocenters. The van der Waals surface area contributed by atoms with Crippen molar-refractivity contribution in [2.45, 2.75) is 5.88 Å². The lowest BCUT2D eigenvalue weighted by Gasteiger charge is -2.10. The second kappa shape index (κ2) is 5.68. The Morgan fingerprint density at radius 1 is 1.11 bits per heavy atom. The predicted molar refractivity (Wildman–Crippen MR) is 67.1 cm³/mol. The molecule has 2 aromatic rings. The first-order valence-electron chi connectivity index (χ1n) is 5.36. The molecule has 0 N–H and O–H groups in total. The van der Waals surface area contributed by atoms with E-state index < -0.39 is 11.6 Å². The van der Waals surface area contributed by atoms with E-state index in [0.717, 1.165) is 6.07 Å². The summed E-state index contributed by atoms with van der Waals surface area (Å²) < 4.78 is 32.4. The van der Waals surface area contributed by atoms with E-state index in [0.29, 0.717) is 0 Å². The summed E-state index contributed by atoms with van der Waals surface area (Å²) in [5.41, 5.74) is 0.342. The number of halogens is 3. The van der Waals surface area contributed by atoms with Crippen molar-refractivity contribution in [3.63, 3.8) is 0 Å². The molecule has 0 bridgehead atoms. The van der Waals surface area contributed by atoms with Gasteiger partial charge in [-0.05, 0) is 30.3 Å². The third kappa shape index (κ3) is 2.83. The summed E-state index contributed by atoms with van der Waals surface area (Å²) in [6.07, 6.45) is 0. The minimum atomic E-state index is -0.691. The molecule has 0 unspecified atom stereocenters. The number of hydrogen-bond acceptors (Lipinski definition) is 2. The fraction of sp³-hybridized carbons (Fsp3) is 0.0714. The Morgan fingerprint density at radius 2 is 1.89 bits per heavy atom. The fourth-order valence-electron chi connectivity index (χ4n) is 1.54. The first-order valence-corrected chi connectivity index (χ1v) is 5.90. The van der Waals surface area contributed by atoms with Gasteiger partial charge >= 0.3 is 0 Å². The van der Waals surface area contributed by atoms with Gasteiger partial charge in [0.1, 0.15) is 11.6 Å². The van der Waals surface area contributed by atoms with Crippen LogP contribution in [-0.2, 0) is 5.88 Å². The Labute approximate surface area is 113 Å². The second-order valence-corrected chi connectivity index (χ2v) is 3.98. The summed E-state index contributed by atoms with van der Waals surface area (Å²) in [6.45, 7) is 0. The molecule has 19 heavy (non-hydrogen) atoms. The Bertz CT molecular complexity index is 652. The second-order valence-electron chi connectivity index (χ2n) is 3.71. The maximum Gasteiger partial charge on any atom is 0.167 e. The first kappa shape index (κ1) is 13.3. The average molecular weight is 280 g/mol. The fourth-order valence-corrected chi connectivity index (χ4v) is 1.80. The highest BCUT2D eigenvalue weighted by atomic mass is 35.5. The number of nitrogens with zero attached hydrogens (tertiary/aromatic N) is 1. The van der Waals surface area contributed by atoms with E-state index in [9.17, 15) is 8.78 Å². The summed E-state index contributed by atoms with van der Waals surface area (Å²) in [6, 6.07) is 9.79. The van der Waals surface area contributed by atoms with Crippen molar-refractivity contribution in [2.24, 2.45) is 0 Å². The van der Waals surface area contributed by atoms with Crippen LogP contribution in [0.4, 0.5) is 8.78 Å². The zero-order chi connectivity index (χ0) is 13.8. The number of ether oxygens (including phenoxy) is 1. The average Bonchev–Trinajstić information content (AvgIpc) is 2.41. The SMILES string of the molecule is N#Cc1ccc(Oc2cccc(F)c2CCl)c(F)c1. The molecule has 0 heterocycles. The van der Waals surface area contributed by atoms with E-state index in [-0.39, 0.29) is 28.5 Å². The minimum Gasteiger partial charge on any atom is -0.454 e. The molecule has 96 valence electrons. The van der Waals surface area contributed by atoms with Crippen LogP contribution in [0.3, 0.4) is 0 Å². The third-order valence-corrected chi connectivity index (χ3v) is 2.76. The number of nitriles is 1. The largest absolute Gasteiger partial charge is 0.454 e. The third-order valence-electron chi connectivity index (χ3n) is 2.49. The molecule has 0 aliphatic heterocycles. The summed E-state index contributed by atoms with van der Waals surface area (Å²) >= 11 is 5.63. The van der Waals surface area contributed by atoms with Gasteiger partial charge in [-0.25, -0.2) is 8.78 Å². The summed E-state index contributed by atoms with van der Waals surface area (Å²) in [7, 11) is 0. The van der Waals surface area contributed by atoms with Crippen molar-refractivity contribution in [1.29, 1.82) is 5.26 Å². The van der Waals surface area contributed by atoms with Gasteiger partial charge in [0.2, 0.25) is 0 Å². The molecule has 2 nitrogen and oxygen atoms in total. The van der Waals surface area contributed by atoms with Crippen molar-refractivity contribution in [3.8, 4) is 17.6 Å². The molecule has 2 aromatic carbocycles. The normalized spacial score (nSPS) is 10.0. The highest BCUT2D eigenvalue weighted by molar-refractivity contribution is 6.17. The van der Waals surface area contributed by atoms with Crippen LogP contribution >= 0.6 is 11.6 Å². The lowest BCUT2D eigenvalue weighted by Crippen LogP contribution is -1.95. The summed E-state index contributed by atoms with van der Waals surface area (Å²) in [5, 5.41) is 8.64. The molecule has 0 aromatic heterocycles. The van der Waals surface area contributed by atoms with E-state index in [1.165, 1.54) is 30.3 Å². The van der Waals surface area contributed by atoms with Crippen LogP contribution in [0, 0.1) is 23.0 Å². The van der Waals surface area contributed by atoms with Crippen LogP contribution in [-0.4, -0.2) is 0 Å². The Morgan fingerprint density at radius 3 is 2.53 bits per heavy atom. The van der Waals surface area contributed by atoms with Gasteiger partial charge in [-0.2, -0.15) is 5.26 Å². The monoisotopic (exact) mass is 279 g/mol. The molecular weight excluding hydrogens is 272 g/mol. The molecule has 0 spiro atoms. The Balaban J connectivity index is 2.37. The van der Waals surface area contributed by atoms with Crippen molar-refractivity contribution < 1.29 is 13.5 Å². The molecule has 0 aliphatic rings. The zero-order valence-electron chi connectivity index (χ0n) is 9.66. The molecule has 2 rings (SSSR count). The lowest BCUT2D eigenvalue weighted by molar-refractivity contribution is 0.434. The standard InChI is InChI=1S/C14H8ClF2NO/c15-7-10-11(16)2-1-3-13(10)19-14-5-4-9(8-18)6-12(14)17/h1-6H,7H2. The maximum atomic E-state index is 13.7. The number of rotatable bonds is 3. The molecule has 0 amide bonds. The van der Waals surface area contributed by atoms with Gasteiger partial charge in [0.05, 0.1) is 17.5 Å². The predicted octanol–water partition coefficient (Wildman–Crippen LogP) is 4.37. The van der Waals surface area contributed by atoms with Gasteiger partial charge in [-0.1, -0.05) is 6.07 Å². The summed E-state index contributed by atoms with van der Waals surface area (Å²) in [4.78, 5) is 0. The van der Waals surface area contributed by atoms with Crippen LogP contribution in [0.5, 0.6) is 11.5 Å². The smallest absolute Gasteiger partial charge is 0.167 e. The van der Waals surface area contributed by atoms with Crippen molar-refractivity contribution in [2.75, 3.05) is 0 Å². The van der Waals surface area contributed by atoms with Gasteiger partial charge in [-0.3, -0.25) is 0 Å². The van der Waals surface area contributed by atoms with E-state index >= 15 is 0 Å². The van der Waals surface area contributed by atoms with Gasteiger partial charge in [0.15, 0.2) is 11.6 Å². The highest BCUT2D eigenvalue weighted by Crippen LogP contribution is 2.30. The minimum absolute atomic E-state index is 0.0834. The van der Waals surface area contributed by atoms with Gasteiger partial charge in [-0.15, -0.1) is 11.6 Å². The molecule has 0 radical (unpaired) electrons. The summed E-state index contributed by atoms with van der Waals surface area (Å²) in [5.74, 6) is -1.22. The van der Waals surface area contributed by atoms with Crippen LogP contribution in [0.15, 0.2) is 36.4 Å². The number of alkyl halides is 1. The number of benzene rings is 2. The van der Waals surface area contributed by atoms with E-state index in [2.05, 4.69) is 0 Å². The maximum absolute atomic E-state index is 13.7.